The fourth-order valence-corrected chi connectivity index (χ4v) is 3.67. The topological polar surface area (TPSA) is 33.6 Å². The first kappa shape index (κ1) is 15.7. The van der Waals surface area contributed by atoms with Crippen LogP contribution in [0.3, 0.4) is 0 Å². The molecule has 0 radical (unpaired) electrons. The number of nitrogens with zero attached hydrogens (tertiary/aromatic N) is 2. The quantitative estimate of drug-likeness (QED) is 0.470. The maximum atomic E-state index is 4.53. The number of aromatic nitrogens is 3. The summed E-state index contributed by atoms with van der Waals surface area (Å²) in [6, 6.07) is 12.5. The van der Waals surface area contributed by atoms with Crippen LogP contribution in [0.4, 0.5) is 0 Å². The van der Waals surface area contributed by atoms with E-state index in [4.69, 9.17) is 0 Å². The Labute approximate surface area is 151 Å². The molecule has 4 aromatic rings. The van der Waals surface area contributed by atoms with Crippen molar-refractivity contribution in [2.45, 2.75) is 26.3 Å². The molecule has 1 N–H and O–H groups in total. The predicted octanol–water partition coefficient (Wildman–Crippen LogP) is 5.25. The van der Waals surface area contributed by atoms with E-state index in [1.165, 1.54) is 5.39 Å². The largest absolute Gasteiger partial charge is 0.361 e. The number of rotatable bonds is 1. The Morgan fingerprint density at radius 1 is 1.08 bits per heavy atom. The van der Waals surface area contributed by atoms with Gasteiger partial charge in [-0.2, -0.15) is 0 Å². The lowest BCUT2D eigenvalue weighted by molar-refractivity contribution is 0.401. The van der Waals surface area contributed by atoms with Crippen LogP contribution in [0.2, 0.25) is 0 Å². The van der Waals surface area contributed by atoms with Gasteiger partial charge in [0.05, 0.1) is 9.75 Å². The summed E-state index contributed by atoms with van der Waals surface area (Å²) in [5.41, 5.74) is 2.14. The molecular formula is C21H19N3S. The van der Waals surface area contributed by atoms with Crippen LogP contribution in [-0.4, -0.2) is 14.5 Å². The highest BCUT2D eigenvalue weighted by Gasteiger charge is 2.18. The van der Waals surface area contributed by atoms with Gasteiger partial charge >= 0.3 is 0 Å². The third-order valence-corrected chi connectivity index (χ3v) is 5.07. The number of benzene rings is 1. The molecule has 4 heteroatoms. The molecule has 3 heterocycles. The Bertz CT molecular complexity index is 1090. The minimum Gasteiger partial charge on any atom is -0.361 e. The van der Waals surface area contributed by atoms with Gasteiger partial charge in [-0.3, -0.25) is 0 Å². The summed E-state index contributed by atoms with van der Waals surface area (Å²) < 4.78 is 2.20. The molecule has 124 valence electrons. The molecule has 0 saturated carbocycles. The monoisotopic (exact) mass is 345 g/mol. The van der Waals surface area contributed by atoms with Gasteiger partial charge in [-0.05, 0) is 56.5 Å². The van der Waals surface area contributed by atoms with Crippen LogP contribution >= 0.6 is 11.3 Å². The number of H-pyrrole nitrogens is 1. The molecule has 0 aliphatic rings. The number of imidazole rings is 1. The van der Waals surface area contributed by atoms with Crippen molar-refractivity contribution in [2.24, 2.45) is 0 Å². The van der Waals surface area contributed by atoms with Crippen LogP contribution in [0.1, 0.15) is 31.2 Å². The Morgan fingerprint density at radius 2 is 1.96 bits per heavy atom. The summed E-state index contributed by atoms with van der Waals surface area (Å²) >= 11 is 1.68. The van der Waals surface area contributed by atoms with Crippen LogP contribution < -0.4 is 0 Å². The minimum atomic E-state index is 0.00706. The van der Waals surface area contributed by atoms with E-state index in [0.29, 0.717) is 0 Å². The average molecular weight is 345 g/mol. The molecule has 3 nitrogen and oxygen atoms in total. The van der Waals surface area contributed by atoms with E-state index in [9.17, 15) is 0 Å². The molecule has 25 heavy (non-hydrogen) atoms. The average Bonchev–Trinajstić information content (AvgIpc) is 3.30. The van der Waals surface area contributed by atoms with Crippen molar-refractivity contribution in [2.75, 3.05) is 0 Å². The van der Waals surface area contributed by atoms with Crippen LogP contribution in [0, 0.1) is 11.8 Å². The minimum absolute atomic E-state index is 0.00706. The van der Waals surface area contributed by atoms with Crippen molar-refractivity contribution in [3.63, 3.8) is 0 Å². The van der Waals surface area contributed by atoms with Gasteiger partial charge in [0, 0.05) is 35.2 Å². The summed E-state index contributed by atoms with van der Waals surface area (Å²) in [6.07, 6.45) is 5.84. The van der Waals surface area contributed by atoms with E-state index in [1.807, 2.05) is 18.6 Å². The number of thiophene rings is 1. The lowest BCUT2D eigenvalue weighted by Crippen LogP contribution is -2.21. The summed E-state index contributed by atoms with van der Waals surface area (Å²) in [7, 11) is 0. The van der Waals surface area contributed by atoms with E-state index in [1.54, 1.807) is 11.3 Å². The van der Waals surface area contributed by atoms with Crippen molar-refractivity contribution in [3.8, 4) is 22.5 Å². The molecule has 0 spiro atoms. The highest BCUT2D eigenvalue weighted by atomic mass is 32.1. The zero-order chi connectivity index (χ0) is 17.4. The van der Waals surface area contributed by atoms with Crippen LogP contribution in [0.25, 0.3) is 21.6 Å². The van der Waals surface area contributed by atoms with Crippen molar-refractivity contribution in [1.82, 2.24) is 14.5 Å². The molecular weight excluding hydrogens is 326 g/mol. The molecule has 0 aliphatic carbocycles. The third-order valence-electron chi connectivity index (χ3n) is 4.07. The Morgan fingerprint density at radius 3 is 2.80 bits per heavy atom. The Kier molecular flexibility index (Phi) is 3.74. The van der Waals surface area contributed by atoms with Gasteiger partial charge < -0.3 is 9.55 Å². The van der Waals surface area contributed by atoms with Gasteiger partial charge in [0.15, 0.2) is 5.82 Å². The number of hydrogen-bond acceptors (Lipinski definition) is 2. The molecule has 0 unspecified atom stereocenters. The molecule has 0 atom stereocenters. The Balaban J connectivity index is 1.63. The number of aromatic amines is 1. The van der Waals surface area contributed by atoms with E-state index in [-0.39, 0.29) is 5.54 Å². The SMILES string of the molecule is CC(C)(C)n1ccnc1-c1ccc(C#Cc2ccc3cc[nH]c3c2)s1. The van der Waals surface area contributed by atoms with Crippen LogP contribution in [0.5, 0.6) is 0 Å². The van der Waals surface area contributed by atoms with Gasteiger partial charge in [-0.1, -0.05) is 17.9 Å². The number of nitrogens with one attached hydrogen (secondary N) is 1. The first-order valence-corrected chi connectivity index (χ1v) is 9.05. The highest BCUT2D eigenvalue weighted by Crippen LogP contribution is 2.30. The molecule has 0 saturated heterocycles. The van der Waals surface area contributed by atoms with E-state index < -0.39 is 0 Å². The maximum Gasteiger partial charge on any atom is 0.150 e. The van der Waals surface area contributed by atoms with Gasteiger partial charge in [0.2, 0.25) is 0 Å². The first-order valence-electron chi connectivity index (χ1n) is 8.24. The maximum absolute atomic E-state index is 4.53. The second-order valence-electron chi connectivity index (χ2n) is 6.99. The van der Waals surface area contributed by atoms with Gasteiger partial charge in [-0.25, -0.2) is 4.98 Å². The lowest BCUT2D eigenvalue weighted by atomic mass is 10.1. The number of fused-ring (bicyclic) bond motifs is 1. The van der Waals surface area contributed by atoms with Crippen molar-refractivity contribution >= 4 is 22.2 Å². The van der Waals surface area contributed by atoms with Gasteiger partial charge in [-0.15, -0.1) is 11.3 Å². The smallest absolute Gasteiger partial charge is 0.150 e. The van der Waals surface area contributed by atoms with Crippen molar-refractivity contribution in [3.05, 3.63) is 65.4 Å². The van der Waals surface area contributed by atoms with E-state index in [2.05, 4.69) is 83.5 Å². The van der Waals surface area contributed by atoms with E-state index >= 15 is 0 Å². The fourth-order valence-electron chi connectivity index (χ4n) is 2.81. The van der Waals surface area contributed by atoms with Crippen molar-refractivity contribution < 1.29 is 0 Å². The second-order valence-corrected chi connectivity index (χ2v) is 8.07. The Hall–Kier alpha value is -2.77. The van der Waals surface area contributed by atoms with Crippen LogP contribution in [0.15, 0.2) is 55.0 Å². The highest BCUT2D eigenvalue weighted by molar-refractivity contribution is 7.15. The molecule has 1 aromatic carbocycles. The summed E-state index contributed by atoms with van der Waals surface area (Å²) in [5.74, 6) is 7.53. The van der Waals surface area contributed by atoms with Gasteiger partial charge in [0.25, 0.3) is 0 Å². The summed E-state index contributed by atoms with van der Waals surface area (Å²) in [4.78, 5) is 9.95. The third kappa shape index (κ3) is 3.11. The van der Waals surface area contributed by atoms with Gasteiger partial charge in [0.1, 0.15) is 0 Å². The molecule has 0 fully saturated rings. The van der Waals surface area contributed by atoms with Crippen LogP contribution in [-0.2, 0) is 5.54 Å². The first-order chi connectivity index (χ1) is 12.0. The molecule has 0 bridgehead atoms. The molecule has 3 aromatic heterocycles. The molecule has 0 amide bonds. The second kappa shape index (κ2) is 5.94. The van der Waals surface area contributed by atoms with Crippen molar-refractivity contribution in [1.29, 1.82) is 0 Å². The zero-order valence-electron chi connectivity index (χ0n) is 14.5. The predicted molar refractivity (Wildman–Crippen MR) is 105 cm³/mol. The number of hydrogen-bond donors (Lipinski definition) is 1. The summed E-state index contributed by atoms with van der Waals surface area (Å²) in [6.45, 7) is 6.55. The molecule has 4 rings (SSSR count). The van der Waals surface area contributed by atoms with E-state index in [0.717, 1.165) is 26.7 Å². The fraction of sp³-hybridized carbons (Fsp3) is 0.190. The molecule has 0 aliphatic heterocycles. The summed E-state index contributed by atoms with van der Waals surface area (Å²) in [5, 5.41) is 1.21. The normalized spacial score (nSPS) is 11.5. The lowest BCUT2D eigenvalue weighted by Gasteiger charge is -2.22. The zero-order valence-corrected chi connectivity index (χ0v) is 15.3. The standard InChI is InChI=1S/C21H19N3S/c1-21(2,3)24-13-12-23-20(24)19-9-8-17(25-19)7-5-15-4-6-16-10-11-22-18(16)14-15/h4,6,8-14,22H,1-3H3.